The lowest BCUT2D eigenvalue weighted by atomic mass is 10.2. The summed E-state index contributed by atoms with van der Waals surface area (Å²) in [6, 6.07) is 5.90. The number of unbranched alkanes of at least 4 members (excludes halogenated alkanes) is 1. The van der Waals surface area contributed by atoms with Crippen LogP contribution in [0.4, 0.5) is 0 Å². The van der Waals surface area contributed by atoms with E-state index in [1.165, 1.54) is 45.7 Å². The van der Waals surface area contributed by atoms with Gasteiger partial charge in [0.1, 0.15) is 6.54 Å². The first-order chi connectivity index (χ1) is 13.8. The van der Waals surface area contributed by atoms with E-state index in [2.05, 4.69) is 49.5 Å². The number of rotatable bonds is 9. The van der Waals surface area contributed by atoms with Gasteiger partial charge < -0.3 is 20.4 Å². The van der Waals surface area contributed by atoms with E-state index in [-0.39, 0.29) is 0 Å². The summed E-state index contributed by atoms with van der Waals surface area (Å²) in [7, 11) is 0. The van der Waals surface area contributed by atoms with E-state index < -0.39 is 0 Å². The summed E-state index contributed by atoms with van der Waals surface area (Å²) in [4.78, 5) is 9.78. The molecule has 0 bridgehead atoms. The Morgan fingerprint density at radius 1 is 1.04 bits per heavy atom. The van der Waals surface area contributed by atoms with E-state index in [0.29, 0.717) is 6.54 Å². The molecule has 8 nitrogen and oxygen atoms in total. The molecule has 0 aliphatic carbocycles. The lowest BCUT2D eigenvalue weighted by Crippen LogP contribution is -2.46. The SMILES string of the molecule is CCNC(=NCc1nnc2ccccn12)NCCCCN1CCN(CC)CC1. The van der Waals surface area contributed by atoms with Crippen molar-refractivity contribution in [3.05, 3.63) is 30.2 Å². The molecule has 28 heavy (non-hydrogen) atoms. The third-order valence-corrected chi connectivity index (χ3v) is 5.21. The van der Waals surface area contributed by atoms with Crippen LogP contribution in [0.25, 0.3) is 5.65 Å². The molecule has 3 heterocycles. The van der Waals surface area contributed by atoms with Gasteiger partial charge in [-0.3, -0.25) is 4.40 Å². The van der Waals surface area contributed by atoms with Gasteiger partial charge in [0.05, 0.1) is 0 Å². The highest BCUT2D eigenvalue weighted by Crippen LogP contribution is 2.04. The standard InChI is InChI=1S/C20H34N8/c1-3-21-20(23-17-19-25-24-18-9-5-7-12-28(18)19)22-10-6-8-11-27-15-13-26(4-2)14-16-27/h5,7,9,12H,3-4,6,8,10-11,13-17H2,1-2H3,(H2,21,22,23). The molecule has 0 saturated carbocycles. The van der Waals surface area contributed by atoms with Gasteiger partial charge in [0.15, 0.2) is 17.4 Å². The van der Waals surface area contributed by atoms with Crippen LogP contribution in [-0.2, 0) is 6.54 Å². The van der Waals surface area contributed by atoms with Crippen LogP contribution in [-0.4, -0.2) is 82.7 Å². The maximum Gasteiger partial charge on any atom is 0.191 e. The largest absolute Gasteiger partial charge is 0.357 e. The second-order valence-corrected chi connectivity index (χ2v) is 7.15. The fraction of sp³-hybridized carbons (Fsp3) is 0.650. The molecule has 1 aliphatic heterocycles. The van der Waals surface area contributed by atoms with Gasteiger partial charge in [-0.05, 0) is 45.0 Å². The zero-order valence-corrected chi connectivity index (χ0v) is 17.3. The van der Waals surface area contributed by atoms with Crippen molar-refractivity contribution < 1.29 is 0 Å². The molecule has 0 amide bonds. The van der Waals surface area contributed by atoms with Crippen molar-refractivity contribution in [2.24, 2.45) is 4.99 Å². The molecule has 0 spiro atoms. The molecule has 8 heteroatoms. The first kappa shape index (κ1) is 20.5. The molecule has 3 rings (SSSR count). The molecule has 0 unspecified atom stereocenters. The molecule has 1 fully saturated rings. The van der Waals surface area contributed by atoms with E-state index in [1.807, 2.05) is 28.8 Å². The predicted molar refractivity (Wildman–Crippen MR) is 114 cm³/mol. The van der Waals surface area contributed by atoms with Crippen molar-refractivity contribution in [2.45, 2.75) is 33.2 Å². The lowest BCUT2D eigenvalue weighted by Gasteiger charge is -2.34. The third kappa shape index (κ3) is 5.90. The van der Waals surface area contributed by atoms with Gasteiger partial charge in [-0.15, -0.1) is 10.2 Å². The Labute approximate surface area is 168 Å². The van der Waals surface area contributed by atoms with E-state index in [4.69, 9.17) is 0 Å². The molecule has 2 aromatic heterocycles. The molecule has 1 aliphatic rings. The number of aliphatic imine (C=N–C) groups is 1. The second kappa shape index (κ2) is 11.0. The number of nitrogens with one attached hydrogen (secondary N) is 2. The normalized spacial score (nSPS) is 16.6. The van der Waals surface area contributed by atoms with Crippen LogP contribution in [0.15, 0.2) is 29.4 Å². The number of aromatic nitrogens is 3. The number of piperazine rings is 1. The molecule has 0 radical (unpaired) electrons. The minimum Gasteiger partial charge on any atom is -0.357 e. The zero-order valence-electron chi connectivity index (χ0n) is 17.3. The van der Waals surface area contributed by atoms with Gasteiger partial charge >= 0.3 is 0 Å². The van der Waals surface area contributed by atoms with Gasteiger partial charge in [-0.2, -0.15) is 0 Å². The van der Waals surface area contributed by atoms with Gasteiger partial charge in [-0.25, -0.2) is 4.99 Å². The summed E-state index contributed by atoms with van der Waals surface area (Å²) < 4.78 is 1.98. The van der Waals surface area contributed by atoms with Gasteiger partial charge in [0, 0.05) is 45.5 Å². The van der Waals surface area contributed by atoms with E-state index in [0.717, 1.165) is 36.9 Å². The minimum absolute atomic E-state index is 0.502. The Hall–Kier alpha value is -2.19. The molecular weight excluding hydrogens is 352 g/mol. The van der Waals surface area contributed by atoms with Crippen molar-refractivity contribution in [3.8, 4) is 0 Å². The Morgan fingerprint density at radius 3 is 2.64 bits per heavy atom. The van der Waals surface area contributed by atoms with E-state index in [9.17, 15) is 0 Å². The Balaban J connectivity index is 1.39. The maximum atomic E-state index is 4.67. The number of pyridine rings is 1. The summed E-state index contributed by atoms with van der Waals surface area (Å²) in [5.74, 6) is 1.69. The summed E-state index contributed by atoms with van der Waals surface area (Å²) in [5, 5.41) is 15.2. The Kier molecular flexibility index (Phi) is 8.05. The molecule has 0 aromatic carbocycles. The molecule has 154 valence electrons. The van der Waals surface area contributed by atoms with Gasteiger partial charge in [-0.1, -0.05) is 13.0 Å². The van der Waals surface area contributed by atoms with Crippen LogP contribution >= 0.6 is 0 Å². The van der Waals surface area contributed by atoms with Crippen molar-refractivity contribution in [2.75, 3.05) is 52.4 Å². The lowest BCUT2D eigenvalue weighted by molar-refractivity contribution is 0.136. The first-order valence-electron chi connectivity index (χ1n) is 10.6. The van der Waals surface area contributed by atoms with Crippen molar-refractivity contribution in [1.82, 2.24) is 35.0 Å². The number of hydrogen-bond acceptors (Lipinski definition) is 5. The minimum atomic E-state index is 0.502. The number of fused-ring (bicyclic) bond motifs is 1. The highest BCUT2D eigenvalue weighted by molar-refractivity contribution is 5.79. The zero-order chi connectivity index (χ0) is 19.6. The first-order valence-corrected chi connectivity index (χ1v) is 10.6. The predicted octanol–water partition coefficient (Wildman–Crippen LogP) is 1.20. The van der Waals surface area contributed by atoms with Crippen LogP contribution in [0.3, 0.4) is 0 Å². The van der Waals surface area contributed by atoms with E-state index in [1.54, 1.807) is 0 Å². The van der Waals surface area contributed by atoms with Crippen LogP contribution in [0.2, 0.25) is 0 Å². The Morgan fingerprint density at radius 2 is 1.86 bits per heavy atom. The number of guanidine groups is 1. The summed E-state index contributed by atoms with van der Waals surface area (Å²) in [5.41, 5.74) is 0.852. The van der Waals surface area contributed by atoms with Gasteiger partial charge in [0.2, 0.25) is 0 Å². The van der Waals surface area contributed by atoms with Crippen LogP contribution in [0, 0.1) is 0 Å². The van der Waals surface area contributed by atoms with E-state index >= 15 is 0 Å². The smallest absolute Gasteiger partial charge is 0.191 e. The second-order valence-electron chi connectivity index (χ2n) is 7.15. The summed E-state index contributed by atoms with van der Waals surface area (Å²) >= 11 is 0. The van der Waals surface area contributed by atoms with Crippen molar-refractivity contribution >= 4 is 11.6 Å². The van der Waals surface area contributed by atoms with Crippen LogP contribution in [0.5, 0.6) is 0 Å². The van der Waals surface area contributed by atoms with Crippen molar-refractivity contribution in [3.63, 3.8) is 0 Å². The number of nitrogens with zero attached hydrogens (tertiary/aromatic N) is 6. The topological polar surface area (TPSA) is 73.1 Å². The van der Waals surface area contributed by atoms with Gasteiger partial charge in [0.25, 0.3) is 0 Å². The maximum absolute atomic E-state index is 4.67. The molecule has 2 N–H and O–H groups in total. The molecular formula is C20H34N8. The number of hydrogen-bond donors (Lipinski definition) is 2. The third-order valence-electron chi connectivity index (χ3n) is 5.21. The molecule has 0 atom stereocenters. The fourth-order valence-corrected chi connectivity index (χ4v) is 3.49. The fourth-order valence-electron chi connectivity index (χ4n) is 3.49. The van der Waals surface area contributed by atoms with Crippen LogP contribution < -0.4 is 10.6 Å². The highest BCUT2D eigenvalue weighted by atomic mass is 15.3. The van der Waals surface area contributed by atoms with Crippen LogP contribution in [0.1, 0.15) is 32.5 Å². The monoisotopic (exact) mass is 386 g/mol. The molecule has 1 saturated heterocycles. The quantitative estimate of drug-likeness (QED) is 0.383. The Bertz CT molecular complexity index is 733. The average Bonchev–Trinajstić information content (AvgIpc) is 3.15. The highest BCUT2D eigenvalue weighted by Gasteiger charge is 2.14. The molecule has 2 aromatic rings. The van der Waals surface area contributed by atoms with Crippen molar-refractivity contribution in [1.29, 1.82) is 0 Å². The summed E-state index contributed by atoms with van der Waals surface area (Å²) in [6.45, 7) is 13.8. The number of likely N-dealkylation sites (N-methyl/N-ethyl adjacent to an activating group) is 1. The summed E-state index contributed by atoms with van der Waals surface area (Å²) in [6.07, 6.45) is 4.33. The average molecular weight is 387 g/mol.